The number of anilines is 1. The number of carbonyl (C=O) groups is 2. The molecule has 0 bridgehead atoms. The summed E-state index contributed by atoms with van der Waals surface area (Å²) in [7, 11) is 0. The zero-order valence-corrected chi connectivity index (χ0v) is 8.27. The Morgan fingerprint density at radius 3 is 2.19 bits per heavy atom. The van der Waals surface area contributed by atoms with Gasteiger partial charge in [-0.2, -0.15) is 0 Å². The second-order valence-corrected chi connectivity index (χ2v) is 3.33. The van der Waals surface area contributed by atoms with Crippen molar-refractivity contribution >= 4 is 55.0 Å². The molecule has 0 heterocycles. The molecule has 0 aliphatic heterocycles. The maximum absolute atomic E-state index is 11.3. The summed E-state index contributed by atoms with van der Waals surface area (Å²) in [6, 6.07) is 6.90. The average molecular weight is 249 g/mol. The topological polar surface area (TPSA) is 80.4 Å². The van der Waals surface area contributed by atoms with Gasteiger partial charge >= 0.3 is 37.7 Å². The van der Waals surface area contributed by atoms with Crippen molar-refractivity contribution in [2.75, 3.05) is 12.3 Å². The van der Waals surface area contributed by atoms with Crippen LogP contribution < -0.4 is 5.73 Å². The summed E-state index contributed by atoms with van der Waals surface area (Å²) in [5, 5.41) is 8.47. The van der Waals surface area contributed by atoms with Crippen LogP contribution in [0.3, 0.4) is 0 Å². The first-order valence-electron chi connectivity index (χ1n) is 4.60. The second-order valence-electron chi connectivity index (χ2n) is 3.33. The van der Waals surface area contributed by atoms with Crippen LogP contribution in [0.2, 0.25) is 0 Å². The van der Waals surface area contributed by atoms with Gasteiger partial charge in [-0.1, -0.05) is 12.1 Å². The molecule has 0 fully saturated rings. The van der Waals surface area contributed by atoms with E-state index in [-0.39, 0.29) is 56.4 Å². The van der Waals surface area contributed by atoms with Gasteiger partial charge in [-0.25, -0.2) is 0 Å². The molecule has 16 heavy (non-hydrogen) atoms. The van der Waals surface area contributed by atoms with Crippen LogP contribution >= 0.6 is 0 Å². The van der Waals surface area contributed by atoms with Crippen LogP contribution in [0.4, 0.5) is 5.69 Å². The van der Waals surface area contributed by atoms with Crippen LogP contribution in [-0.2, 0) is 16.0 Å². The van der Waals surface area contributed by atoms with E-state index >= 15 is 0 Å². The third kappa shape index (κ3) is 5.61. The van der Waals surface area contributed by atoms with Crippen LogP contribution in [0.25, 0.3) is 0 Å². The molecule has 1 rings (SSSR count). The van der Waals surface area contributed by atoms with Crippen LogP contribution in [0, 0.1) is 0 Å². The zero-order chi connectivity index (χ0) is 11.3. The van der Waals surface area contributed by atoms with Crippen LogP contribution in [0.15, 0.2) is 24.3 Å². The van der Waals surface area contributed by atoms with Crippen molar-refractivity contribution in [2.45, 2.75) is 12.8 Å². The van der Waals surface area contributed by atoms with Crippen molar-refractivity contribution in [3.05, 3.63) is 29.8 Å². The number of ketones is 2. The molecule has 1 aromatic rings. The molecule has 0 aliphatic rings. The molecule has 0 radical (unpaired) electrons. The summed E-state index contributed by atoms with van der Waals surface area (Å²) in [6.45, 7) is -0.576. The number of aliphatic hydroxyl groups is 1. The van der Waals surface area contributed by atoms with Gasteiger partial charge in [-0.3, -0.25) is 9.59 Å². The quantitative estimate of drug-likeness (QED) is 0.415. The molecule has 0 aromatic heterocycles. The van der Waals surface area contributed by atoms with E-state index < -0.39 is 12.4 Å². The summed E-state index contributed by atoms with van der Waals surface area (Å²) in [4.78, 5) is 22.1. The fraction of sp³-hybridized carbons (Fsp3) is 0.273. The minimum atomic E-state index is -0.576. The Kier molecular flexibility index (Phi) is 7.58. The second kappa shape index (κ2) is 7.79. The van der Waals surface area contributed by atoms with Crippen molar-refractivity contribution in [1.29, 1.82) is 0 Å². The molecule has 0 saturated heterocycles. The van der Waals surface area contributed by atoms with Crippen molar-refractivity contribution in [3.63, 3.8) is 0 Å². The number of nitrogen functional groups attached to an aromatic ring is 1. The Labute approximate surface area is 124 Å². The Hall–Kier alpha value is -0.420. The predicted molar refractivity (Wildman–Crippen MR) is 64.8 cm³/mol. The third-order valence-electron chi connectivity index (χ3n) is 1.95. The molecule has 0 unspecified atom stereocenters. The number of benzene rings is 1. The SMILES string of the molecule is Nc1ccc(CC(=O)CC(=O)CO)cc1.[CaH2]. The number of rotatable bonds is 5. The maximum atomic E-state index is 11.3. The van der Waals surface area contributed by atoms with E-state index in [1.54, 1.807) is 24.3 Å². The number of Topliss-reactive ketones (excluding diaryl/α,β-unsaturated/α-hetero) is 2. The Bertz CT molecular complexity index is 362. The Morgan fingerprint density at radius 2 is 1.69 bits per heavy atom. The number of hydrogen-bond donors (Lipinski definition) is 2. The first-order chi connectivity index (χ1) is 7.11. The van der Waals surface area contributed by atoms with E-state index in [2.05, 4.69) is 0 Å². The van der Waals surface area contributed by atoms with Gasteiger partial charge in [0.25, 0.3) is 0 Å². The Balaban J connectivity index is 0.00000225. The van der Waals surface area contributed by atoms with Gasteiger partial charge in [0.2, 0.25) is 0 Å². The van der Waals surface area contributed by atoms with Crippen molar-refractivity contribution < 1.29 is 14.7 Å². The van der Waals surface area contributed by atoms with E-state index in [9.17, 15) is 9.59 Å². The molecule has 4 nitrogen and oxygen atoms in total. The Morgan fingerprint density at radius 1 is 1.12 bits per heavy atom. The molecule has 84 valence electrons. The van der Waals surface area contributed by atoms with Gasteiger partial charge in [0.05, 0.1) is 6.42 Å². The number of nitrogens with two attached hydrogens (primary N) is 1. The normalized spacial score (nSPS) is 9.31. The van der Waals surface area contributed by atoms with Crippen LogP contribution in [-0.4, -0.2) is 61.0 Å². The minimum absolute atomic E-state index is 0. The molecule has 0 spiro atoms. The van der Waals surface area contributed by atoms with Gasteiger partial charge in [-0.15, -0.1) is 0 Å². The summed E-state index contributed by atoms with van der Waals surface area (Å²) in [5.41, 5.74) is 6.94. The third-order valence-corrected chi connectivity index (χ3v) is 1.95. The first-order valence-corrected chi connectivity index (χ1v) is 4.60. The summed E-state index contributed by atoms with van der Waals surface area (Å²) >= 11 is 0. The van der Waals surface area contributed by atoms with E-state index in [0.29, 0.717) is 5.69 Å². The van der Waals surface area contributed by atoms with E-state index in [1.807, 2.05) is 0 Å². The van der Waals surface area contributed by atoms with Crippen molar-refractivity contribution in [2.24, 2.45) is 0 Å². The predicted octanol–water partition coefficient (Wildman–Crippen LogP) is -0.584. The molecule has 1 aromatic carbocycles. The summed E-state index contributed by atoms with van der Waals surface area (Å²) in [5.74, 6) is -0.644. The fourth-order valence-corrected chi connectivity index (χ4v) is 1.20. The molecule has 0 amide bonds. The molecule has 0 atom stereocenters. The molecular formula is C11H15CaNO3. The van der Waals surface area contributed by atoms with E-state index in [1.165, 1.54) is 0 Å². The summed E-state index contributed by atoms with van der Waals surface area (Å²) < 4.78 is 0. The standard InChI is InChI=1S/C11H13NO3.Ca.2H/c12-9-3-1-8(2-4-9)5-10(14)6-11(15)7-13;;;/h1-4,13H,5-7,12H2;;;. The number of carbonyl (C=O) groups excluding carboxylic acids is 2. The molecular weight excluding hydrogens is 234 g/mol. The zero-order valence-electron chi connectivity index (χ0n) is 8.27. The summed E-state index contributed by atoms with van der Waals surface area (Å²) in [6.07, 6.45) is -0.00705. The van der Waals surface area contributed by atoms with Gasteiger partial charge in [0, 0.05) is 12.1 Å². The van der Waals surface area contributed by atoms with Gasteiger partial charge in [-0.05, 0) is 17.7 Å². The van der Waals surface area contributed by atoms with Crippen molar-refractivity contribution in [3.8, 4) is 0 Å². The van der Waals surface area contributed by atoms with E-state index in [0.717, 1.165) is 5.56 Å². The number of aliphatic hydroxyl groups excluding tert-OH is 1. The molecule has 0 aliphatic carbocycles. The monoisotopic (exact) mass is 249 g/mol. The van der Waals surface area contributed by atoms with Crippen LogP contribution in [0.1, 0.15) is 12.0 Å². The first kappa shape index (κ1) is 15.6. The van der Waals surface area contributed by atoms with Gasteiger partial charge < -0.3 is 10.8 Å². The van der Waals surface area contributed by atoms with Gasteiger partial charge in [0.15, 0.2) is 5.78 Å². The molecule has 3 N–H and O–H groups in total. The molecule has 5 heteroatoms. The van der Waals surface area contributed by atoms with Crippen LogP contribution in [0.5, 0.6) is 0 Å². The number of hydrogen-bond acceptors (Lipinski definition) is 4. The fourth-order valence-electron chi connectivity index (χ4n) is 1.20. The van der Waals surface area contributed by atoms with Crippen molar-refractivity contribution in [1.82, 2.24) is 0 Å². The van der Waals surface area contributed by atoms with Gasteiger partial charge in [0.1, 0.15) is 12.4 Å². The average Bonchev–Trinajstić information content (AvgIpc) is 2.21. The van der Waals surface area contributed by atoms with E-state index in [4.69, 9.17) is 10.8 Å². The molecule has 0 saturated carbocycles.